The summed E-state index contributed by atoms with van der Waals surface area (Å²) in [5.41, 5.74) is 20.6. The molecule has 0 bridgehead atoms. The maximum atomic E-state index is 9.00. The molecule has 1 aromatic carbocycles. The van der Waals surface area contributed by atoms with E-state index in [1.807, 2.05) is 18.9 Å². The monoisotopic (exact) mass is 198 g/mol. The molecule has 0 spiro atoms. The standard InChI is InChI=1S/C6H8N2.CH4N2O.CH2O/c7-5-3-1-2-4-6(5)8;2-1(3)4;1-2/h1-4H,7-8H2;(H4,2,3,4);1H2. The van der Waals surface area contributed by atoms with E-state index < -0.39 is 6.03 Å². The number of nitrogen functional groups attached to an aromatic ring is 2. The van der Waals surface area contributed by atoms with E-state index in [9.17, 15) is 0 Å². The molecule has 1 rings (SSSR count). The van der Waals surface area contributed by atoms with Gasteiger partial charge >= 0.3 is 6.03 Å². The molecule has 0 fully saturated rings. The normalized spacial score (nSPS) is 7.14. The number of amides is 2. The van der Waals surface area contributed by atoms with E-state index in [1.165, 1.54) is 0 Å². The van der Waals surface area contributed by atoms with Gasteiger partial charge in [0, 0.05) is 0 Å². The van der Waals surface area contributed by atoms with Gasteiger partial charge in [0.15, 0.2) is 0 Å². The van der Waals surface area contributed by atoms with Crippen LogP contribution in [0.4, 0.5) is 16.2 Å². The highest BCUT2D eigenvalue weighted by Gasteiger charge is 1.85. The van der Waals surface area contributed by atoms with E-state index in [2.05, 4.69) is 11.5 Å². The van der Waals surface area contributed by atoms with Crippen LogP contribution in [0.1, 0.15) is 0 Å². The zero-order chi connectivity index (χ0) is 11.6. The van der Waals surface area contributed by atoms with Crippen molar-refractivity contribution < 1.29 is 9.59 Å². The second-order valence-corrected chi connectivity index (χ2v) is 2.03. The Balaban J connectivity index is 0. The first-order valence-electron chi connectivity index (χ1n) is 3.47. The predicted molar refractivity (Wildman–Crippen MR) is 56.2 cm³/mol. The maximum absolute atomic E-state index is 9.00. The van der Waals surface area contributed by atoms with Crippen LogP contribution in [0.25, 0.3) is 0 Å². The summed E-state index contributed by atoms with van der Waals surface area (Å²) in [7, 11) is 0. The minimum atomic E-state index is -0.833. The fourth-order valence-electron chi connectivity index (χ4n) is 0.511. The molecule has 0 aliphatic carbocycles. The minimum Gasteiger partial charge on any atom is -0.397 e. The van der Waals surface area contributed by atoms with Crippen LogP contribution in [0, 0.1) is 0 Å². The van der Waals surface area contributed by atoms with E-state index in [-0.39, 0.29) is 0 Å². The Bertz CT molecular complexity index is 253. The summed E-state index contributed by atoms with van der Waals surface area (Å²) >= 11 is 0. The molecule has 0 aliphatic heterocycles. The molecule has 6 heteroatoms. The zero-order valence-electron chi connectivity index (χ0n) is 7.64. The van der Waals surface area contributed by atoms with Crippen LogP contribution in [0.15, 0.2) is 24.3 Å². The Labute approximate surface area is 81.9 Å². The van der Waals surface area contributed by atoms with Crippen molar-refractivity contribution in [1.29, 1.82) is 0 Å². The van der Waals surface area contributed by atoms with Crippen molar-refractivity contribution in [2.24, 2.45) is 11.5 Å². The van der Waals surface area contributed by atoms with Crippen molar-refractivity contribution in [3.63, 3.8) is 0 Å². The summed E-state index contributed by atoms with van der Waals surface area (Å²) in [5, 5.41) is 0. The van der Waals surface area contributed by atoms with Gasteiger partial charge in [-0.15, -0.1) is 0 Å². The smallest absolute Gasteiger partial charge is 0.309 e. The number of carbonyl (C=O) groups excluding carboxylic acids is 2. The first kappa shape index (κ1) is 14.3. The Morgan fingerprint density at radius 2 is 1.21 bits per heavy atom. The molecule has 0 aromatic heterocycles. The van der Waals surface area contributed by atoms with Gasteiger partial charge in [-0.05, 0) is 12.1 Å². The fraction of sp³-hybridized carbons (Fsp3) is 0. The average Bonchev–Trinajstić information content (AvgIpc) is 2.13. The quantitative estimate of drug-likeness (QED) is 0.424. The number of rotatable bonds is 0. The number of primary amides is 2. The van der Waals surface area contributed by atoms with E-state index in [4.69, 9.17) is 21.1 Å². The number of para-hydroxylation sites is 2. The highest BCUT2D eigenvalue weighted by Crippen LogP contribution is 2.10. The number of nitrogens with two attached hydrogens (primary N) is 4. The lowest BCUT2D eigenvalue weighted by Gasteiger charge is -1.94. The Morgan fingerprint density at radius 3 is 1.36 bits per heavy atom. The lowest BCUT2D eigenvalue weighted by Crippen LogP contribution is -2.18. The second kappa shape index (κ2) is 8.85. The molecule has 14 heavy (non-hydrogen) atoms. The van der Waals surface area contributed by atoms with Gasteiger partial charge in [-0.1, -0.05) is 12.1 Å². The van der Waals surface area contributed by atoms with Gasteiger partial charge in [-0.2, -0.15) is 0 Å². The first-order chi connectivity index (χ1) is 6.54. The molecule has 0 heterocycles. The lowest BCUT2D eigenvalue weighted by molar-refractivity contribution is -0.0979. The highest BCUT2D eigenvalue weighted by atomic mass is 16.2. The third-order valence-corrected chi connectivity index (χ3v) is 0.996. The predicted octanol–water partition coefficient (Wildman–Crippen LogP) is -0.310. The van der Waals surface area contributed by atoms with E-state index in [0.29, 0.717) is 11.4 Å². The molecule has 6 nitrogen and oxygen atoms in total. The summed E-state index contributed by atoms with van der Waals surface area (Å²) in [4.78, 5) is 17.0. The van der Waals surface area contributed by atoms with Gasteiger partial charge in [-0.25, -0.2) is 4.79 Å². The molecule has 1 aromatic rings. The third-order valence-electron chi connectivity index (χ3n) is 0.996. The van der Waals surface area contributed by atoms with Crippen molar-refractivity contribution in [3.05, 3.63) is 24.3 Å². The van der Waals surface area contributed by atoms with Crippen molar-refractivity contribution in [1.82, 2.24) is 0 Å². The zero-order valence-corrected chi connectivity index (χ0v) is 7.64. The van der Waals surface area contributed by atoms with Crippen molar-refractivity contribution >= 4 is 24.2 Å². The summed E-state index contributed by atoms with van der Waals surface area (Å²) in [6, 6.07) is 6.42. The average molecular weight is 198 g/mol. The van der Waals surface area contributed by atoms with Crippen LogP contribution in [-0.2, 0) is 4.79 Å². The maximum Gasteiger partial charge on any atom is 0.309 e. The molecule has 78 valence electrons. The van der Waals surface area contributed by atoms with Crippen molar-refractivity contribution in [3.8, 4) is 0 Å². The minimum absolute atomic E-state index is 0.646. The molecule has 2 amide bonds. The molecular formula is C8H14N4O2. The number of carbonyl (C=O) groups is 2. The SMILES string of the molecule is C=O.NC(N)=O.Nc1ccccc1N. The van der Waals surface area contributed by atoms with Crippen molar-refractivity contribution in [2.45, 2.75) is 0 Å². The Kier molecular flexibility index (Phi) is 9.04. The largest absolute Gasteiger partial charge is 0.397 e. The molecular weight excluding hydrogens is 184 g/mol. The van der Waals surface area contributed by atoms with E-state index in [0.717, 1.165) is 0 Å². The topological polar surface area (TPSA) is 138 Å². The summed E-state index contributed by atoms with van der Waals surface area (Å²) < 4.78 is 0. The number of hydrogen-bond acceptors (Lipinski definition) is 4. The van der Waals surface area contributed by atoms with Gasteiger partial charge in [0.05, 0.1) is 11.4 Å². The van der Waals surface area contributed by atoms with Crippen LogP contribution < -0.4 is 22.9 Å². The van der Waals surface area contributed by atoms with E-state index >= 15 is 0 Å². The number of benzene rings is 1. The van der Waals surface area contributed by atoms with Gasteiger partial charge in [-0.3, -0.25) is 0 Å². The molecule has 0 unspecified atom stereocenters. The van der Waals surface area contributed by atoms with Crippen LogP contribution in [0.2, 0.25) is 0 Å². The van der Waals surface area contributed by atoms with Gasteiger partial charge < -0.3 is 27.7 Å². The summed E-state index contributed by atoms with van der Waals surface area (Å²) in [5.74, 6) is 0. The number of urea groups is 1. The van der Waals surface area contributed by atoms with Crippen LogP contribution >= 0.6 is 0 Å². The molecule has 0 atom stereocenters. The second-order valence-electron chi connectivity index (χ2n) is 2.03. The molecule has 0 saturated heterocycles. The lowest BCUT2D eigenvalue weighted by atomic mass is 10.3. The molecule has 0 radical (unpaired) electrons. The van der Waals surface area contributed by atoms with Gasteiger partial charge in [0.25, 0.3) is 0 Å². The van der Waals surface area contributed by atoms with Gasteiger partial charge in [0.1, 0.15) is 6.79 Å². The molecule has 0 saturated carbocycles. The highest BCUT2D eigenvalue weighted by molar-refractivity contribution is 5.69. The number of anilines is 2. The fourth-order valence-corrected chi connectivity index (χ4v) is 0.511. The van der Waals surface area contributed by atoms with Crippen LogP contribution in [0.5, 0.6) is 0 Å². The first-order valence-corrected chi connectivity index (χ1v) is 3.47. The van der Waals surface area contributed by atoms with Crippen molar-refractivity contribution in [2.75, 3.05) is 11.5 Å². The molecule has 0 aliphatic rings. The summed E-state index contributed by atoms with van der Waals surface area (Å²) in [6.07, 6.45) is 0. The Hall–Kier alpha value is -2.24. The third kappa shape index (κ3) is 9.76. The Morgan fingerprint density at radius 1 is 1.00 bits per heavy atom. The van der Waals surface area contributed by atoms with Gasteiger partial charge in [0.2, 0.25) is 0 Å². The number of hydrogen-bond donors (Lipinski definition) is 4. The molecule has 8 N–H and O–H groups in total. The van der Waals surface area contributed by atoms with Crippen LogP contribution in [0.3, 0.4) is 0 Å². The summed E-state index contributed by atoms with van der Waals surface area (Å²) in [6.45, 7) is 2.00. The van der Waals surface area contributed by atoms with E-state index in [1.54, 1.807) is 12.1 Å². The van der Waals surface area contributed by atoms with Crippen LogP contribution in [-0.4, -0.2) is 12.8 Å².